The number of carbonyl (C=O) groups is 1. The molecule has 1 heterocycles. The van der Waals surface area contributed by atoms with Gasteiger partial charge in [-0.25, -0.2) is 4.98 Å². The van der Waals surface area contributed by atoms with Gasteiger partial charge >= 0.3 is 0 Å². The zero-order valence-electron chi connectivity index (χ0n) is 14.9. The zero-order valence-corrected chi connectivity index (χ0v) is 14.9. The van der Waals surface area contributed by atoms with Crippen LogP contribution in [0.1, 0.15) is 17.3 Å². The van der Waals surface area contributed by atoms with Crippen molar-refractivity contribution in [1.29, 1.82) is 0 Å². The fourth-order valence-electron chi connectivity index (χ4n) is 2.65. The maximum Gasteiger partial charge on any atom is 0.274 e. The van der Waals surface area contributed by atoms with Gasteiger partial charge in [-0.2, -0.15) is 0 Å². The van der Waals surface area contributed by atoms with Crippen molar-refractivity contribution in [3.63, 3.8) is 0 Å². The topological polar surface area (TPSA) is 141 Å². The minimum absolute atomic E-state index is 0.101. The first kappa shape index (κ1) is 19.1. The van der Waals surface area contributed by atoms with Gasteiger partial charge < -0.3 is 26.2 Å². The highest BCUT2D eigenvalue weighted by Crippen LogP contribution is 2.17. The molecule has 144 valence electrons. The Hall–Kier alpha value is -3.65. The normalized spacial score (nSPS) is 11.8. The molecule has 0 fully saturated rings. The Morgan fingerprint density at radius 2 is 1.68 bits per heavy atom. The highest BCUT2D eigenvalue weighted by atomic mass is 16.3. The summed E-state index contributed by atoms with van der Waals surface area (Å²) >= 11 is 0. The second kappa shape index (κ2) is 8.36. The minimum Gasteiger partial charge on any atom is -0.508 e. The van der Waals surface area contributed by atoms with Gasteiger partial charge in [-0.05, 0) is 42.0 Å². The van der Waals surface area contributed by atoms with Crippen LogP contribution in [0.25, 0.3) is 11.3 Å². The molecule has 1 aromatic heterocycles. The van der Waals surface area contributed by atoms with E-state index in [9.17, 15) is 19.8 Å². The summed E-state index contributed by atoms with van der Waals surface area (Å²) in [6, 6.07) is 11.4. The molecule has 0 aliphatic carbocycles. The van der Waals surface area contributed by atoms with Gasteiger partial charge in [-0.1, -0.05) is 12.1 Å². The number of rotatable bonds is 6. The van der Waals surface area contributed by atoms with Gasteiger partial charge in [0.05, 0.1) is 0 Å². The Morgan fingerprint density at radius 3 is 2.29 bits per heavy atom. The highest BCUT2D eigenvalue weighted by molar-refractivity contribution is 5.82. The average Bonchev–Trinajstić information content (AvgIpc) is 2.69. The second-order valence-corrected chi connectivity index (χ2v) is 6.24. The van der Waals surface area contributed by atoms with Crippen LogP contribution in [0, 0.1) is 0 Å². The number of aromatic nitrogens is 2. The van der Waals surface area contributed by atoms with Gasteiger partial charge in [-0.3, -0.25) is 9.59 Å². The summed E-state index contributed by atoms with van der Waals surface area (Å²) in [5.41, 5.74) is 7.56. The molecule has 3 aromatic rings. The summed E-state index contributed by atoms with van der Waals surface area (Å²) in [5, 5.41) is 21.3. The quantitative estimate of drug-likeness (QED) is 0.435. The first-order valence-corrected chi connectivity index (χ1v) is 8.64. The second-order valence-electron chi connectivity index (χ2n) is 6.24. The summed E-state index contributed by atoms with van der Waals surface area (Å²) < 4.78 is 0. The maximum atomic E-state index is 12.2. The molecule has 0 bridgehead atoms. The van der Waals surface area contributed by atoms with Crippen LogP contribution in [0.15, 0.2) is 59.5 Å². The van der Waals surface area contributed by atoms with Crippen molar-refractivity contribution in [2.75, 3.05) is 6.54 Å². The summed E-state index contributed by atoms with van der Waals surface area (Å²) in [6.07, 6.45) is 1.92. The summed E-state index contributed by atoms with van der Waals surface area (Å²) in [5.74, 6) is -0.150. The number of H-pyrrole nitrogens is 1. The lowest BCUT2D eigenvalue weighted by molar-refractivity contribution is -0.122. The Balaban J connectivity index is 1.58. The number of nitrogens with one attached hydrogen (secondary N) is 2. The Labute approximate surface area is 160 Å². The molecule has 0 saturated carbocycles. The number of phenolic OH excluding ortho intramolecular Hbond substituents is 2. The van der Waals surface area contributed by atoms with E-state index < -0.39 is 6.04 Å². The van der Waals surface area contributed by atoms with Crippen LogP contribution in [-0.4, -0.2) is 32.6 Å². The van der Waals surface area contributed by atoms with Crippen molar-refractivity contribution in [2.45, 2.75) is 12.5 Å². The number of amides is 1. The van der Waals surface area contributed by atoms with E-state index in [4.69, 9.17) is 5.73 Å². The lowest BCUT2D eigenvalue weighted by Crippen LogP contribution is -2.35. The average molecular weight is 380 g/mol. The molecular weight excluding hydrogens is 360 g/mol. The van der Waals surface area contributed by atoms with Gasteiger partial charge in [0.25, 0.3) is 5.56 Å². The van der Waals surface area contributed by atoms with Crippen LogP contribution < -0.4 is 16.6 Å². The van der Waals surface area contributed by atoms with Crippen molar-refractivity contribution in [1.82, 2.24) is 15.3 Å². The number of hydrogen-bond donors (Lipinski definition) is 5. The molecule has 0 spiro atoms. The van der Waals surface area contributed by atoms with Crippen molar-refractivity contribution >= 4 is 5.91 Å². The van der Waals surface area contributed by atoms with E-state index in [1.54, 1.807) is 24.3 Å². The van der Waals surface area contributed by atoms with Crippen LogP contribution in [-0.2, 0) is 11.2 Å². The molecule has 6 N–H and O–H groups in total. The van der Waals surface area contributed by atoms with Crippen LogP contribution in [0.4, 0.5) is 0 Å². The summed E-state index contributed by atoms with van der Waals surface area (Å²) in [6.45, 7) is 0.279. The van der Waals surface area contributed by atoms with Gasteiger partial charge in [-0.15, -0.1) is 0 Å². The Morgan fingerprint density at radius 1 is 1.07 bits per heavy atom. The fourth-order valence-corrected chi connectivity index (χ4v) is 2.65. The Kier molecular flexibility index (Phi) is 5.71. The molecule has 8 nitrogen and oxygen atoms in total. The van der Waals surface area contributed by atoms with Crippen LogP contribution in [0.3, 0.4) is 0 Å². The first-order chi connectivity index (χ1) is 13.4. The van der Waals surface area contributed by atoms with E-state index in [2.05, 4.69) is 15.3 Å². The molecule has 2 aromatic carbocycles. The molecule has 28 heavy (non-hydrogen) atoms. The van der Waals surface area contributed by atoms with E-state index in [-0.39, 0.29) is 35.2 Å². The predicted octanol–water partition coefficient (Wildman–Crippen LogP) is 1.21. The van der Waals surface area contributed by atoms with Crippen molar-refractivity contribution < 1.29 is 15.0 Å². The Bertz CT molecular complexity index is 1010. The smallest absolute Gasteiger partial charge is 0.274 e. The molecular formula is C20H20N4O4. The molecule has 0 unspecified atom stereocenters. The van der Waals surface area contributed by atoms with E-state index in [0.29, 0.717) is 23.2 Å². The molecule has 0 saturated heterocycles. The minimum atomic E-state index is -0.852. The number of benzene rings is 2. The summed E-state index contributed by atoms with van der Waals surface area (Å²) in [7, 11) is 0. The van der Waals surface area contributed by atoms with Gasteiger partial charge in [0.15, 0.2) is 0 Å². The third kappa shape index (κ3) is 4.54. The van der Waals surface area contributed by atoms with E-state index in [0.717, 1.165) is 0 Å². The lowest BCUT2D eigenvalue weighted by Gasteiger charge is -2.12. The largest absolute Gasteiger partial charge is 0.508 e. The van der Waals surface area contributed by atoms with E-state index in [1.165, 1.54) is 30.5 Å². The fraction of sp³-hybridized carbons (Fsp3) is 0.150. The monoisotopic (exact) mass is 380 g/mol. The molecule has 0 aliphatic heterocycles. The van der Waals surface area contributed by atoms with Crippen LogP contribution in [0.2, 0.25) is 0 Å². The molecule has 1 atom stereocenters. The number of hydrogen-bond acceptors (Lipinski definition) is 6. The molecule has 8 heteroatoms. The molecule has 1 amide bonds. The highest BCUT2D eigenvalue weighted by Gasteiger charge is 2.15. The van der Waals surface area contributed by atoms with Crippen LogP contribution >= 0.6 is 0 Å². The maximum absolute atomic E-state index is 12.2. The third-order valence-corrected chi connectivity index (χ3v) is 4.21. The molecule has 0 radical (unpaired) electrons. The third-order valence-electron chi connectivity index (χ3n) is 4.21. The van der Waals surface area contributed by atoms with Crippen molar-refractivity contribution in [3.8, 4) is 22.8 Å². The molecule has 0 aliphatic rings. The van der Waals surface area contributed by atoms with Crippen LogP contribution in [0.5, 0.6) is 11.5 Å². The van der Waals surface area contributed by atoms with Gasteiger partial charge in [0.1, 0.15) is 23.2 Å². The number of aromatic amines is 1. The number of carbonyl (C=O) groups excluding carboxylic acids is 1. The van der Waals surface area contributed by atoms with E-state index >= 15 is 0 Å². The van der Waals surface area contributed by atoms with Gasteiger partial charge in [0.2, 0.25) is 5.91 Å². The first-order valence-electron chi connectivity index (χ1n) is 8.64. The summed E-state index contributed by atoms with van der Waals surface area (Å²) in [4.78, 5) is 31.3. The predicted molar refractivity (Wildman–Crippen MR) is 104 cm³/mol. The number of phenols is 2. The SMILES string of the molecule is N[C@@H](C(=O)NCCc1cnc(-c2ccc(O)cc2)c(=O)[nH]1)c1ccc(O)cc1. The number of nitrogens with zero attached hydrogens (tertiary/aromatic N) is 1. The lowest BCUT2D eigenvalue weighted by atomic mass is 10.1. The molecule has 3 rings (SSSR count). The standard InChI is InChI=1S/C20H20N4O4/c21-17(12-1-5-15(25)6-2-12)19(27)22-10-9-14-11-23-18(20(28)24-14)13-3-7-16(26)8-4-13/h1-8,11,17,25-26H,9-10,21H2,(H,22,27)(H,24,28)/t17-/m1/s1. The van der Waals surface area contributed by atoms with Crippen molar-refractivity contribution in [2.24, 2.45) is 5.73 Å². The number of aromatic hydroxyl groups is 2. The number of nitrogens with two attached hydrogens (primary N) is 1. The van der Waals surface area contributed by atoms with Crippen molar-refractivity contribution in [3.05, 3.63) is 76.3 Å². The zero-order chi connectivity index (χ0) is 20.1. The van der Waals surface area contributed by atoms with Gasteiger partial charge in [0, 0.05) is 30.4 Å². The van der Waals surface area contributed by atoms with E-state index in [1.807, 2.05) is 0 Å².